The van der Waals surface area contributed by atoms with Crippen LogP contribution in [0.4, 0.5) is 5.69 Å². The fourth-order valence-electron chi connectivity index (χ4n) is 2.50. The van der Waals surface area contributed by atoms with Gasteiger partial charge in [-0.25, -0.2) is 0 Å². The summed E-state index contributed by atoms with van der Waals surface area (Å²) in [5, 5.41) is 3.16. The highest BCUT2D eigenvalue weighted by Crippen LogP contribution is 2.11. The second-order valence-electron chi connectivity index (χ2n) is 5.90. The molecule has 0 saturated carbocycles. The van der Waals surface area contributed by atoms with E-state index in [-0.39, 0.29) is 0 Å². The Morgan fingerprint density at radius 2 is 1.84 bits per heavy atom. The van der Waals surface area contributed by atoms with Crippen molar-refractivity contribution >= 4 is 11.6 Å². The van der Waals surface area contributed by atoms with E-state index in [4.69, 9.17) is 10.5 Å². The van der Waals surface area contributed by atoms with Crippen LogP contribution >= 0.6 is 0 Å². The highest BCUT2D eigenvalue weighted by Gasteiger charge is 1.99. The van der Waals surface area contributed by atoms with Crippen molar-refractivity contribution in [3.05, 3.63) is 60.2 Å². The molecular formula is C20H28N4O. The fraction of sp³-hybridized carbons (Fsp3) is 0.350. The van der Waals surface area contributed by atoms with E-state index in [1.165, 1.54) is 11.3 Å². The van der Waals surface area contributed by atoms with Crippen molar-refractivity contribution in [1.29, 1.82) is 0 Å². The van der Waals surface area contributed by atoms with Gasteiger partial charge < -0.3 is 20.7 Å². The summed E-state index contributed by atoms with van der Waals surface area (Å²) in [7, 11) is 3.76. The molecule has 0 atom stereocenters. The minimum Gasteiger partial charge on any atom is -0.497 e. The first kappa shape index (κ1) is 18.6. The smallest absolute Gasteiger partial charge is 0.188 e. The van der Waals surface area contributed by atoms with Crippen LogP contribution in [-0.2, 0) is 6.42 Å². The van der Waals surface area contributed by atoms with Gasteiger partial charge in [-0.05, 0) is 42.7 Å². The van der Waals surface area contributed by atoms with E-state index in [0.29, 0.717) is 5.96 Å². The molecule has 25 heavy (non-hydrogen) atoms. The zero-order valence-electron chi connectivity index (χ0n) is 15.1. The molecule has 0 amide bonds. The largest absolute Gasteiger partial charge is 0.497 e. The quantitative estimate of drug-likeness (QED) is 0.418. The van der Waals surface area contributed by atoms with Crippen molar-refractivity contribution in [1.82, 2.24) is 5.32 Å². The number of anilines is 1. The topological polar surface area (TPSA) is 62.9 Å². The molecule has 0 aliphatic carbocycles. The van der Waals surface area contributed by atoms with Gasteiger partial charge >= 0.3 is 0 Å². The molecule has 0 spiro atoms. The van der Waals surface area contributed by atoms with E-state index in [0.717, 1.165) is 38.2 Å². The van der Waals surface area contributed by atoms with Crippen LogP contribution in [0.5, 0.6) is 5.75 Å². The summed E-state index contributed by atoms with van der Waals surface area (Å²) in [4.78, 5) is 6.61. The Morgan fingerprint density at radius 1 is 1.12 bits per heavy atom. The maximum absolute atomic E-state index is 5.92. The van der Waals surface area contributed by atoms with Crippen LogP contribution in [0.25, 0.3) is 0 Å². The summed E-state index contributed by atoms with van der Waals surface area (Å²) in [6.45, 7) is 2.44. The molecule has 5 nitrogen and oxygen atoms in total. The standard InChI is InChI=1S/C20H28N4O/c1-24(18-7-4-3-5-8-18)16-6-14-22-20(21)23-15-13-17-9-11-19(25-2)12-10-17/h3-5,7-12H,6,13-16H2,1-2H3,(H3,21,22,23). The van der Waals surface area contributed by atoms with Crippen molar-refractivity contribution in [3.8, 4) is 5.75 Å². The molecule has 0 radical (unpaired) electrons. The van der Waals surface area contributed by atoms with Gasteiger partial charge in [0, 0.05) is 32.4 Å². The third-order valence-electron chi connectivity index (χ3n) is 4.01. The monoisotopic (exact) mass is 340 g/mol. The number of rotatable bonds is 9. The first-order chi connectivity index (χ1) is 12.2. The van der Waals surface area contributed by atoms with Crippen molar-refractivity contribution in [3.63, 3.8) is 0 Å². The SMILES string of the molecule is COc1ccc(CCNC(N)=NCCCN(C)c2ccccc2)cc1. The minimum atomic E-state index is 0.510. The van der Waals surface area contributed by atoms with Crippen LogP contribution in [0, 0.1) is 0 Å². The lowest BCUT2D eigenvalue weighted by molar-refractivity contribution is 0.414. The lowest BCUT2D eigenvalue weighted by Crippen LogP contribution is -2.33. The zero-order valence-corrected chi connectivity index (χ0v) is 15.1. The van der Waals surface area contributed by atoms with E-state index < -0.39 is 0 Å². The molecule has 5 heteroatoms. The molecule has 0 aromatic heterocycles. The van der Waals surface area contributed by atoms with Gasteiger partial charge in [-0.2, -0.15) is 0 Å². The number of nitrogens with two attached hydrogens (primary N) is 1. The van der Waals surface area contributed by atoms with Crippen LogP contribution in [0.1, 0.15) is 12.0 Å². The van der Waals surface area contributed by atoms with E-state index in [2.05, 4.69) is 58.7 Å². The summed E-state index contributed by atoms with van der Waals surface area (Å²) in [6, 6.07) is 18.4. The molecule has 0 fully saturated rings. The van der Waals surface area contributed by atoms with E-state index in [9.17, 15) is 0 Å². The Bertz CT molecular complexity index is 641. The second kappa shape index (κ2) is 10.2. The van der Waals surface area contributed by atoms with Gasteiger partial charge in [0.1, 0.15) is 5.75 Å². The highest BCUT2D eigenvalue weighted by atomic mass is 16.5. The average Bonchev–Trinajstić information content (AvgIpc) is 2.66. The van der Waals surface area contributed by atoms with Gasteiger partial charge in [0.05, 0.1) is 7.11 Å². The molecular weight excluding hydrogens is 312 g/mol. The molecule has 0 bridgehead atoms. The molecule has 0 aliphatic rings. The maximum atomic E-state index is 5.92. The first-order valence-electron chi connectivity index (χ1n) is 8.62. The van der Waals surface area contributed by atoms with Crippen LogP contribution in [0.3, 0.4) is 0 Å². The van der Waals surface area contributed by atoms with Gasteiger partial charge in [0.25, 0.3) is 0 Å². The van der Waals surface area contributed by atoms with Crippen LogP contribution < -0.4 is 20.7 Å². The third kappa shape index (κ3) is 6.75. The first-order valence-corrected chi connectivity index (χ1v) is 8.62. The molecule has 0 saturated heterocycles. The van der Waals surface area contributed by atoms with Gasteiger partial charge in [0.2, 0.25) is 0 Å². The van der Waals surface area contributed by atoms with Crippen molar-refractivity contribution < 1.29 is 4.74 Å². The van der Waals surface area contributed by atoms with Gasteiger partial charge in [0.15, 0.2) is 5.96 Å². The Balaban J connectivity index is 1.62. The fourth-order valence-corrected chi connectivity index (χ4v) is 2.50. The third-order valence-corrected chi connectivity index (χ3v) is 4.01. The number of benzene rings is 2. The maximum Gasteiger partial charge on any atom is 0.188 e. The average molecular weight is 340 g/mol. The Labute approximate surface area is 150 Å². The van der Waals surface area contributed by atoms with Gasteiger partial charge in [-0.3, -0.25) is 4.99 Å². The molecule has 0 heterocycles. The molecule has 0 aliphatic heterocycles. The van der Waals surface area contributed by atoms with Crippen LogP contribution in [0.15, 0.2) is 59.6 Å². The van der Waals surface area contributed by atoms with E-state index in [1.54, 1.807) is 7.11 Å². The Kier molecular flexibility index (Phi) is 7.63. The van der Waals surface area contributed by atoms with Gasteiger partial charge in [-0.1, -0.05) is 30.3 Å². The minimum absolute atomic E-state index is 0.510. The molecule has 2 aromatic rings. The lowest BCUT2D eigenvalue weighted by atomic mass is 10.1. The molecule has 3 N–H and O–H groups in total. The predicted molar refractivity (Wildman–Crippen MR) is 106 cm³/mol. The molecule has 2 rings (SSSR count). The molecule has 134 valence electrons. The van der Waals surface area contributed by atoms with Gasteiger partial charge in [-0.15, -0.1) is 0 Å². The molecule has 0 unspecified atom stereocenters. The predicted octanol–water partition coefficient (Wildman–Crippen LogP) is 2.67. The number of para-hydroxylation sites is 1. The van der Waals surface area contributed by atoms with Crippen LogP contribution in [0.2, 0.25) is 0 Å². The van der Waals surface area contributed by atoms with E-state index >= 15 is 0 Å². The number of hydrogen-bond acceptors (Lipinski definition) is 3. The number of nitrogens with one attached hydrogen (secondary N) is 1. The number of hydrogen-bond donors (Lipinski definition) is 2. The summed E-state index contributed by atoms with van der Waals surface area (Å²) in [5.41, 5.74) is 8.38. The number of guanidine groups is 1. The lowest BCUT2D eigenvalue weighted by Gasteiger charge is -2.18. The van der Waals surface area contributed by atoms with Crippen molar-refractivity contribution in [2.45, 2.75) is 12.8 Å². The number of methoxy groups -OCH3 is 1. The highest BCUT2D eigenvalue weighted by molar-refractivity contribution is 5.77. The molecule has 2 aromatic carbocycles. The Hall–Kier alpha value is -2.69. The number of aliphatic imine (C=N–C) groups is 1. The summed E-state index contributed by atoms with van der Waals surface area (Å²) >= 11 is 0. The Morgan fingerprint density at radius 3 is 2.52 bits per heavy atom. The van der Waals surface area contributed by atoms with Crippen molar-refractivity contribution in [2.75, 3.05) is 38.7 Å². The van der Waals surface area contributed by atoms with E-state index in [1.807, 2.05) is 18.2 Å². The van der Waals surface area contributed by atoms with Crippen molar-refractivity contribution in [2.24, 2.45) is 10.7 Å². The second-order valence-corrected chi connectivity index (χ2v) is 5.90. The number of ether oxygens (including phenoxy) is 1. The zero-order chi connectivity index (χ0) is 17.9. The number of nitrogens with zero attached hydrogens (tertiary/aromatic N) is 2. The van der Waals surface area contributed by atoms with Crippen LogP contribution in [-0.4, -0.2) is 39.8 Å². The summed E-state index contributed by atoms with van der Waals surface area (Å²) in [6.07, 6.45) is 1.86. The normalized spacial score (nSPS) is 11.2. The summed E-state index contributed by atoms with van der Waals surface area (Å²) in [5.74, 6) is 1.38. The summed E-state index contributed by atoms with van der Waals surface area (Å²) < 4.78 is 5.15.